The van der Waals surface area contributed by atoms with Crippen molar-refractivity contribution in [3.05, 3.63) is 53.6 Å². The van der Waals surface area contributed by atoms with E-state index < -0.39 is 11.6 Å². The molecule has 1 atom stereocenters. The summed E-state index contributed by atoms with van der Waals surface area (Å²) < 4.78 is 14.7. The summed E-state index contributed by atoms with van der Waals surface area (Å²) in [7, 11) is 0. The summed E-state index contributed by atoms with van der Waals surface area (Å²) in [5.41, 5.74) is 10.3. The Hall–Kier alpha value is -2.10. The quantitative estimate of drug-likeness (QED) is 0.763. The summed E-state index contributed by atoms with van der Waals surface area (Å²) in [6, 6.07) is 6.49. The minimum Gasteiger partial charge on any atom is -0.399 e. The number of allylic oxidation sites excluding steroid dienone is 3. The van der Waals surface area contributed by atoms with Crippen molar-refractivity contribution in [2.45, 2.75) is 12.1 Å². The molecule has 17 heavy (non-hydrogen) atoms. The van der Waals surface area contributed by atoms with E-state index in [1.54, 1.807) is 24.3 Å². The second-order valence-corrected chi connectivity index (χ2v) is 4.08. The molecule has 4 N–H and O–H groups in total. The van der Waals surface area contributed by atoms with Gasteiger partial charge in [-0.15, -0.1) is 0 Å². The molecule has 0 fully saturated rings. The molecule has 0 radical (unpaired) electrons. The van der Waals surface area contributed by atoms with Gasteiger partial charge in [-0.3, -0.25) is 4.79 Å². The number of carbonyl (C=O) groups is 1. The summed E-state index contributed by atoms with van der Waals surface area (Å²) >= 11 is 0. The third-order valence-electron chi connectivity index (χ3n) is 2.81. The van der Waals surface area contributed by atoms with Crippen molar-refractivity contribution in [3.63, 3.8) is 0 Å². The Labute approximate surface area is 98.6 Å². The minimum absolute atomic E-state index is 0.0389. The van der Waals surface area contributed by atoms with Crippen LogP contribution < -0.4 is 11.5 Å². The van der Waals surface area contributed by atoms with Crippen molar-refractivity contribution < 1.29 is 9.18 Å². The second-order valence-electron chi connectivity index (χ2n) is 4.08. The number of benzene rings is 1. The first-order valence-corrected chi connectivity index (χ1v) is 5.24. The monoisotopic (exact) mass is 232 g/mol. The van der Waals surface area contributed by atoms with Crippen LogP contribution in [0.1, 0.15) is 12.0 Å². The molecular formula is C13H13FN2O. The zero-order valence-corrected chi connectivity index (χ0v) is 9.19. The summed E-state index contributed by atoms with van der Waals surface area (Å²) in [6.45, 7) is 0. The molecule has 0 aliphatic heterocycles. The number of carbonyl (C=O) groups excluding carboxylic acids is 1. The summed E-state index contributed by atoms with van der Waals surface area (Å²) in [4.78, 5) is 11.1. The lowest BCUT2D eigenvalue weighted by Crippen LogP contribution is -2.25. The number of hydrogen-bond acceptors (Lipinski definition) is 2. The molecule has 1 unspecified atom stereocenters. The van der Waals surface area contributed by atoms with Crippen LogP contribution in [0.5, 0.6) is 0 Å². The van der Waals surface area contributed by atoms with Gasteiger partial charge < -0.3 is 11.5 Å². The van der Waals surface area contributed by atoms with Crippen molar-refractivity contribution in [1.29, 1.82) is 0 Å². The molecule has 0 saturated heterocycles. The minimum atomic E-state index is -1.69. The van der Waals surface area contributed by atoms with E-state index in [0.717, 1.165) is 0 Å². The van der Waals surface area contributed by atoms with Crippen LogP contribution in [0, 0.1) is 0 Å². The Bertz CT molecular complexity index is 505. The second kappa shape index (κ2) is 4.05. The molecule has 1 aromatic carbocycles. The maximum Gasteiger partial charge on any atom is 0.244 e. The van der Waals surface area contributed by atoms with Gasteiger partial charge in [0.2, 0.25) is 5.91 Å². The first-order chi connectivity index (χ1) is 8.01. The number of halogens is 1. The highest BCUT2D eigenvalue weighted by Gasteiger charge is 2.33. The average molecular weight is 232 g/mol. The maximum absolute atomic E-state index is 14.7. The molecule has 0 aromatic heterocycles. The number of hydrogen-bond donors (Lipinski definition) is 2. The molecule has 0 spiro atoms. The Morgan fingerprint density at radius 3 is 2.53 bits per heavy atom. The highest BCUT2D eigenvalue weighted by Crippen LogP contribution is 2.37. The van der Waals surface area contributed by atoms with Gasteiger partial charge in [-0.1, -0.05) is 24.3 Å². The van der Waals surface area contributed by atoms with Crippen molar-refractivity contribution >= 4 is 11.6 Å². The van der Waals surface area contributed by atoms with E-state index in [0.29, 0.717) is 11.3 Å². The van der Waals surface area contributed by atoms with Gasteiger partial charge in [-0.25, -0.2) is 4.39 Å². The molecule has 1 aliphatic rings. The standard InChI is InChI=1S/C13H13FN2O/c14-13(10-3-5-11(15)6-4-10)7-1-2-9(8-13)12(16)17/h1-7H,8,15H2,(H2,16,17). The molecule has 0 bridgehead atoms. The Morgan fingerprint density at radius 2 is 1.94 bits per heavy atom. The topological polar surface area (TPSA) is 69.1 Å². The number of nitrogens with two attached hydrogens (primary N) is 2. The molecular weight excluding hydrogens is 219 g/mol. The van der Waals surface area contributed by atoms with Gasteiger partial charge >= 0.3 is 0 Å². The number of amides is 1. The summed E-state index contributed by atoms with van der Waals surface area (Å²) in [5.74, 6) is -0.591. The van der Waals surface area contributed by atoms with E-state index in [9.17, 15) is 9.18 Å². The smallest absolute Gasteiger partial charge is 0.244 e. The Morgan fingerprint density at radius 1 is 1.29 bits per heavy atom. The largest absolute Gasteiger partial charge is 0.399 e. The fourth-order valence-electron chi connectivity index (χ4n) is 1.84. The van der Waals surface area contributed by atoms with Crippen molar-refractivity contribution in [1.82, 2.24) is 0 Å². The predicted molar refractivity (Wildman–Crippen MR) is 64.7 cm³/mol. The van der Waals surface area contributed by atoms with E-state index >= 15 is 0 Å². The molecule has 0 saturated carbocycles. The van der Waals surface area contributed by atoms with Gasteiger partial charge in [0, 0.05) is 17.7 Å². The maximum atomic E-state index is 14.7. The number of rotatable bonds is 2. The van der Waals surface area contributed by atoms with Crippen LogP contribution >= 0.6 is 0 Å². The average Bonchev–Trinajstić information content (AvgIpc) is 2.29. The van der Waals surface area contributed by atoms with Gasteiger partial charge in [-0.2, -0.15) is 0 Å². The fraction of sp³-hybridized carbons (Fsp3) is 0.154. The molecule has 2 rings (SSSR count). The molecule has 88 valence electrons. The van der Waals surface area contributed by atoms with Gasteiger partial charge in [0.15, 0.2) is 5.67 Å². The lowest BCUT2D eigenvalue weighted by molar-refractivity contribution is -0.115. The van der Waals surface area contributed by atoms with E-state index in [1.165, 1.54) is 18.2 Å². The first kappa shape index (κ1) is 11.4. The van der Waals surface area contributed by atoms with Crippen LogP contribution in [0.4, 0.5) is 10.1 Å². The molecule has 1 aliphatic carbocycles. The number of nitrogen functional groups attached to an aromatic ring is 1. The Balaban J connectivity index is 2.33. The van der Waals surface area contributed by atoms with Crippen LogP contribution in [-0.2, 0) is 10.5 Å². The third-order valence-corrected chi connectivity index (χ3v) is 2.81. The number of primary amides is 1. The molecule has 4 heteroatoms. The Kier molecular flexibility index (Phi) is 2.71. The predicted octanol–water partition coefficient (Wildman–Crippen LogP) is 1.81. The number of anilines is 1. The summed E-state index contributed by atoms with van der Waals surface area (Å²) in [6.07, 6.45) is 4.44. The summed E-state index contributed by atoms with van der Waals surface area (Å²) in [5, 5.41) is 0. The number of alkyl halides is 1. The van der Waals surface area contributed by atoms with Crippen LogP contribution in [0.2, 0.25) is 0 Å². The van der Waals surface area contributed by atoms with Crippen LogP contribution in [0.25, 0.3) is 0 Å². The zero-order valence-electron chi connectivity index (χ0n) is 9.19. The third kappa shape index (κ3) is 2.20. The lowest BCUT2D eigenvalue weighted by atomic mass is 9.85. The van der Waals surface area contributed by atoms with E-state index in [4.69, 9.17) is 11.5 Å². The van der Waals surface area contributed by atoms with Gasteiger partial charge in [0.25, 0.3) is 0 Å². The first-order valence-electron chi connectivity index (χ1n) is 5.24. The highest BCUT2D eigenvalue weighted by atomic mass is 19.1. The van der Waals surface area contributed by atoms with Crippen molar-refractivity contribution in [2.75, 3.05) is 5.73 Å². The lowest BCUT2D eigenvalue weighted by Gasteiger charge is -2.25. The molecule has 0 heterocycles. The zero-order chi connectivity index (χ0) is 12.5. The van der Waals surface area contributed by atoms with Crippen LogP contribution in [-0.4, -0.2) is 5.91 Å². The normalized spacial score (nSPS) is 23.2. The van der Waals surface area contributed by atoms with E-state index in [1.807, 2.05) is 0 Å². The molecule has 1 aromatic rings. The van der Waals surface area contributed by atoms with Gasteiger partial charge in [-0.05, 0) is 23.8 Å². The highest BCUT2D eigenvalue weighted by molar-refractivity contribution is 5.92. The van der Waals surface area contributed by atoms with Crippen molar-refractivity contribution in [2.24, 2.45) is 5.73 Å². The van der Waals surface area contributed by atoms with Crippen LogP contribution in [0.3, 0.4) is 0 Å². The molecule has 1 amide bonds. The van der Waals surface area contributed by atoms with Gasteiger partial charge in [0.1, 0.15) is 0 Å². The fourth-order valence-corrected chi connectivity index (χ4v) is 1.84. The van der Waals surface area contributed by atoms with E-state index in [2.05, 4.69) is 0 Å². The SMILES string of the molecule is NC(=O)C1=CC=CC(F)(c2ccc(N)cc2)C1. The van der Waals surface area contributed by atoms with Gasteiger partial charge in [0.05, 0.1) is 0 Å². The van der Waals surface area contributed by atoms with Crippen LogP contribution in [0.15, 0.2) is 48.1 Å². The van der Waals surface area contributed by atoms with E-state index in [-0.39, 0.29) is 12.0 Å². The van der Waals surface area contributed by atoms with Crippen molar-refractivity contribution in [3.8, 4) is 0 Å². The molecule has 3 nitrogen and oxygen atoms in total.